The molecule has 6 nitrogen and oxygen atoms in total. The van der Waals surface area contributed by atoms with Gasteiger partial charge in [0.25, 0.3) is 5.88 Å². The zero-order valence-electron chi connectivity index (χ0n) is 15.6. The Hall–Kier alpha value is -1.89. The minimum absolute atomic E-state index is 0.0523. The van der Waals surface area contributed by atoms with Crippen LogP contribution in [0.25, 0.3) is 0 Å². The third-order valence-electron chi connectivity index (χ3n) is 3.84. The van der Waals surface area contributed by atoms with Crippen molar-refractivity contribution >= 4 is 17.4 Å². The maximum atomic E-state index is 12.1. The Bertz CT molecular complexity index is 753. The summed E-state index contributed by atoms with van der Waals surface area (Å²) in [6.07, 6.45) is 0.810. The second kappa shape index (κ2) is 8.66. The molecule has 1 atom stereocenters. The maximum Gasteiger partial charge on any atom is 0.255 e. The van der Waals surface area contributed by atoms with Crippen molar-refractivity contribution in [2.45, 2.75) is 52.2 Å². The van der Waals surface area contributed by atoms with Gasteiger partial charge in [-0.1, -0.05) is 23.7 Å². The number of nitrogens with zero attached hydrogens (tertiary/aromatic N) is 1. The number of benzene rings is 1. The van der Waals surface area contributed by atoms with E-state index in [1.165, 1.54) is 0 Å². The van der Waals surface area contributed by atoms with Gasteiger partial charge in [-0.25, -0.2) is 0 Å². The lowest BCUT2D eigenvalue weighted by atomic mass is 10.0. The summed E-state index contributed by atoms with van der Waals surface area (Å²) >= 11 is 5.85. The summed E-state index contributed by atoms with van der Waals surface area (Å²) in [5, 5.41) is 19.4. The van der Waals surface area contributed by atoms with Crippen LogP contribution < -0.4 is 10.6 Å². The van der Waals surface area contributed by atoms with Crippen molar-refractivity contribution in [1.29, 1.82) is 0 Å². The fraction of sp³-hybridized carbons (Fsp3) is 0.474. The van der Waals surface area contributed by atoms with Crippen LogP contribution in [0.2, 0.25) is 5.02 Å². The third-order valence-corrected chi connectivity index (χ3v) is 4.07. The summed E-state index contributed by atoms with van der Waals surface area (Å²) in [6.45, 7) is 9.55. The SMILES string of the molecule is CC(NC(C)(C)C)C(=O)c1cccc(Cl)c1.Oc1noc2c1CCNC2. The first-order valence-electron chi connectivity index (χ1n) is 8.62. The van der Waals surface area contributed by atoms with E-state index in [9.17, 15) is 4.79 Å². The number of aromatic nitrogens is 1. The molecule has 0 bridgehead atoms. The summed E-state index contributed by atoms with van der Waals surface area (Å²) in [6, 6.07) is 6.83. The molecule has 3 rings (SSSR count). The number of Topliss-reactive ketones (excluding diaryl/α,β-unsaturated/α-hetero) is 1. The minimum atomic E-state index is -0.210. The molecule has 0 radical (unpaired) electrons. The van der Waals surface area contributed by atoms with Gasteiger partial charge in [0.1, 0.15) is 0 Å². The molecule has 0 amide bonds. The molecule has 0 fully saturated rings. The van der Waals surface area contributed by atoms with Crippen LogP contribution in [0.5, 0.6) is 5.88 Å². The van der Waals surface area contributed by atoms with E-state index in [0.717, 1.165) is 24.3 Å². The van der Waals surface area contributed by atoms with Crippen LogP contribution in [0.4, 0.5) is 0 Å². The largest absolute Gasteiger partial charge is 0.491 e. The van der Waals surface area contributed by atoms with E-state index in [1.54, 1.807) is 24.3 Å². The number of ketones is 1. The predicted octanol–water partition coefficient (Wildman–Crippen LogP) is 3.33. The van der Waals surface area contributed by atoms with Crippen molar-refractivity contribution in [3.8, 4) is 5.88 Å². The number of carbonyl (C=O) groups excluding carboxylic acids is 1. The number of aromatic hydroxyl groups is 1. The second-order valence-corrected chi connectivity index (χ2v) is 7.76. The fourth-order valence-electron chi connectivity index (χ4n) is 2.75. The summed E-state index contributed by atoms with van der Waals surface area (Å²) in [7, 11) is 0. The summed E-state index contributed by atoms with van der Waals surface area (Å²) < 4.78 is 4.82. The van der Waals surface area contributed by atoms with Crippen LogP contribution in [0.15, 0.2) is 28.8 Å². The zero-order chi connectivity index (χ0) is 19.3. The first-order chi connectivity index (χ1) is 12.2. The van der Waals surface area contributed by atoms with Gasteiger partial charge in [0.2, 0.25) is 0 Å². The Labute approximate surface area is 158 Å². The molecular weight excluding hydrogens is 354 g/mol. The topological polar surface area (TPSA) is 87.4 Å². The van der Waals surface area contributed by atoms with Gasteiger partial charge in [0.15, 0.2) is 11.5 Å². The van der Waals surface area contributed by atoms with Crippen molar-refractivity contribution in [3.63, 3.8) is 0 Å². The number of hydrogen-bond acceptors (Lipinski definition) is 6. The lowest BCUT2D eigenvalue weighted by Crippen LogP contribution is -2.46. The highest BCUT2D eigenvalue weighted by Crippen LogP contribution is 2.22. The third kappa shape index (κ3) is 5.83. The maximum absolute atomic E-state index is 12.1. The quantitative estimate of drug-likeness (QED) is 0.709. The second-order valence-electron chi connectivity index (χ2n) is 7.33. The van der Waals surface area contributed by atoms with Crippen LogP contribution in [-0.2, 0) is 13.0 Å². The van der Waals surface area contributed by atoms with E-state index in [0.29, 0.717) is 17.1 Å². The average Bonchev–Trinajstić information content (AvgIpc) is 2.95. The van der Waals surface area contributed by atoms with Crippen molar-refractivity contribution in [1.82, 2.24) is 15.8 Å². The van der Waals surface area contributed by atoms with Crippen LogP contribution >= 0.6 is 11.6 Å². The van der Waals surface area contributed by atoms with Gasteiger partial charge in [-0.2, -0.15) is 0 Å². The Morgan fingerprint density at radius 3 is 2.77 bits per heavy atom. The molecule has 1 unspecified atom stereocenters. The number of halogens is 1. The van der Waals surface area contributed by atoms with Crippen LogP contribution in [0, 0.1) is 0 Å². The van der Waals surface area contributed by atoms with Crippen LogP contribution in [-0.4, -0.2) is 34.2 Å². The van der Waals surface area contributed by atoms with Gasteiger partial charge in [0, 0.05) is 16.1 Å². The monoisotopic (exact) mass is 379 g/mol. The highest BCUT2D eigenvalue weighted by Gasteiger charge is 2.20. The first kappa shape index (κ1) is 20.4. The van der Waals surface area contributed by atoms with E-state index >= 15 is 0 Å². The smallest absolute Gasteiger partial charge is 0.255 e. The molecule has 1 aromatic heterocycles. The van der Waals surface area contributed by atoms with Gasteiger partial charge in [-0.3, -0.25) is 4.79 Å². The average molecular weight is 380 g/mol. The standard InChI is InChI=1S/C13H18ClNO.C6H8N2O2/c1-9(15-13(2,3)4)12(16)10-6-5-7-11(14)8-10;9-6-4-1-2-7-3-5(4)10-8-6/h5-9,15H,1-4H3;7H,1-3H2,(H,8,9). The van der Waals surface area contributed by atoms with Crippen molar-refractivity contribution in [3.05, 3.63) is 46.2 Å². The Morgan fingerprint density at radius 1 is 1.42 bits per heavy atom. The lowest BCUT2D eigenvalue weighted by molar-refractivity contribution is 0.0935. The molecule has 0 aliphatic carbocycles. The molecule has 3 N–H and O–H groups in total. The Kier molecular flexibility index (Phi) is 6.81. The minimum Gasteiger partial charge on any atom is -0.491 e. The van der Waals surface area contributed by atoms with E-state index in [-0.39, 0.29) is 23.2 Å². The van der Waals surface area contributed by atoms with Gasteiger partial charge in [0.05, 0.1) is 18.2 Å². The highest BCUT2D eigenvalue weighted by molar-refractivity contribution is 6.31. The Balaban J connectivity index is 0.000000206. The number of rotatable bonds is 3. The molecule has 142 valence electrons. The summed E-state index contributed by atoms with van der Waals surface area (Å²) in [5.41, 5.74) is 1.43. The molecular formula is C19H26ClN3O3. The normalized spacial score (nSPS) is 14.8. The molecule has 0 saturated carbocycles. The van der Waals surface area contributed by atoms with Crippen LogP contribution in [0.3, 0.4) is 0 Å². The lowest BCUT2D eigenvalue weighted by Gasteiger charge is -2.25. The number of fused-ring (bicyclic) bond motifs is 1. The molecule has 2 aromatic rings. The number of carbonyl (C=O) groups is 1. The molecule has 0 saturated heterocycles. The van der Waals surface area contributed by atoms with Gasteiger partial charge in [-0.05, 0) is 57.9 Å². The van der Waals surface area contributed by atoms with E-state index in [1.807, 2.05) is 27.7 Å². The summed E-state index contributed by atoms with van der Waals surface area (Å²) in [5.74, 6) is 0.887. The molecule has 1 aliphatic heterocycles. The molecule has 1 aliphatic rings. The molecule has 7 heteroatoms. The van der Waals surface area contributed by atoms with Crippen LogP contribution in [0.1, 0.15) is 49.4 Å². The molecule has 2 heterocycles. The van der Waals surface area contributed by atoms with E-state index < -0.39 is 0 Å². The number of hydrogen-bond donors (Lipinski definition) is 3. The molecule has 0 spiro atoms. The highest BCUT2D eigenvalue weighted by atomic mass is 35.5. The molecule has 1 aromatic carbocycles. The van der Waals surface area contributed by atoms with E-state index in [4.69, 9.17) is 21.2 Å². The van der Waals surface area contributed by atoms with Gasteiger partial charge < -0.3 is 20.3 Å². The number of nitrogens with one attached hydrogen (secondary N) is 2. The Morgan fingerprint density at radius 2 is 2.15 bits per heavy atom. The van der Waals surface area contributed by atoms with E-state index in [2.05, 4.69) is 15.8 Å². The summed E-state index contributed by atoms with van der Waals surface area (Å²) in [4.78, 5) is 12.1. The van der Waals surface area contributed by atoms with Gasteiger partial charge in [-0.15, -0.1) is 0 Å². The van der Waals surface area contributed by atoms with Crippen molar-refractivity contribution in [2.24, 2.45) is 0 Å². The predicted molar refractivity (Wildman–Crippen MR) is 102 cm³/mol. The zero-order valence-corrected chi connectivity index (χ0v) is 16.4. The first-order valence-corrected chi connectivity index (χ1v) is 9.00. The van der Waals surface area contributed by atoms with Crippen molar-refractivity contribution in [2.75, 3.05) is 6.54 Å². The molecule has 26 heavy (non-hydrogen) atoms. The fourth-order valence-corrected chi connectivity index (χ4v) is 2.94. The van der Waals surface area contributed by atoms with Crippen molar-refractivity contribution < 1.29 is 14.4 Å². The van der Waals surface area contributed by atoms with Gasteiger partial charge >= 0.3 is 0 Å².